The summed E-state index contributed by atoms with van der Waals surface area (Å²) in [7, 11) is 0.993. The summed E-state index contributed by atoms with van der Waals surface area (Å²) in [4.78, 5) is 14.7. The summed E-state index contributed by atoms with van der Waals surface area (Å²) in [5.74, 6) is -2.49. The molecule has 0 saturated heterocycles. The zero-order valence-corrected chi connectivity index (χ0v) is 11.5. The van der Waals surface area contributed by atoms with Gasteiger partial charge < -0.3 is 14.2 Å². The summed E-state index contributed by atoms with van der Waals surface area (Å²) < 4.78 is 75.5. The van der Waals surface area contributed by atoms with Gasteiger partial charge in [0.05, 0.1) is 31.4 Å². The third-order valence-corrected chi connectivity index (χ3v) is 2.35. The summed E-state index contributed by atoms with van der Waals surface area (Å²) in [5.41, 5.74) is -1.39. The number of nitrogens with zero attached hydrogens (tertiary/aromatic N) is 1. The quantitative estimate of drug-likeness (QED) is 0.593. The fraction of sp³-hybridized carbons (Fsp3) is 0.500. The van der Waals surface area contributed by atoms with Gasteiger partial charge in [0.15, 0.2) is 0 Å². The van der Waals surface area contributed by atoms with Crippen molar-refractivity contribution >= 4 is 5.97 Å². The van der Waals surface area contributed by atoms with Crippen LogP contribution in [0, 0.1) is 0 Å². The van der Waals surface area contributed by atoms with E-state index in [-0.39, 0.29) is 6.61 Å². The van der Waals surface area contributed by atoms with E-state index in [0.29, 0.717) is 6.07 Å². The fourth-order valence-electron chi connectivity index (χ4n) is 1.61. The molecule has 0 radical (unpaired) electrons. The van der Waals surface area contributed by atoms with Crippen LogP contribution in [0.5, 0.6) is 11.6 Å². The zero-order chi connectivity index (χ0) is 16.9. The van der Waals surface area contributed by atoms with Crippen LogP contribution in [-0.4, -0.2) is 31.0 Å². The monoisotopic (exact) mass is 329 g/mol. The summed E-state index contributed by atoms with van der Waals surface area (Å²) in [6, 6.07) is 0.573. The van der Waals surface area contributed by atoms with Crippen LogP contribution in [0.1, 0.15) is 24.6 Å². The molecule has 0 unspecified atom stereocenters. The molecule has 22 heavy (non-hydrogen) atoms. The number of ether oxygens (including phenoxy) is 3. The first-order valence-electron chi connectivity index (χ1n) is 5.95. The summed E-state index contributed by atoms with van der Waals surface area (Å²) in [6.45, 7) is 1.47. The van der Waals surface area contributed by atoms with E-state index in [1.807, 2.05) is 0 Å². The van der Waals surface area contributed by atoms with E-state index in [9.17, 15) is 26.7 Å². The van der Waals surface area contributed by atoms with Crippen LogP contribution in [0.4, 0.5) is 22.0 Å². The lowest BCUT2D eigenvalue weighted by Crippen LogP contribution is -2.19. The van der Waals surface area contributed by atoms with E-state index in [4.69, 9.17) is 0 Å². The van der Waals surface area contributed by atoms with Crippen LogP contribution in [0.2, 0.25) is 0 Å². The number of halogens is 5. The lowest BCUT2D eigenvalue weighted by Gasteiger charge is -2.15. The minimum Gasteiger partial charge on any atom is -0.496 e. The minimum absolute atomic E-state index is 0.0152. The molecule has 0 bridgehead atoms. The van der Waals surface area contributed by atoms with Gasteiger partial charge in [0.25, 0.3) is 6.43 Å². The van der Waals surface area contributed by atoms with Gasteiger partial charge in [0.2, 0.25) is 5.88 Å². The van der Waals surface area contributed by atoms with Gasteiger partial charge in [-0.1, -0.05) is 0 Å². The average molecular weight is 329 g/mol. The molecule has 1 heterocycles. The SMILES string of the molecule is CCOC(=O)Cc1nc(OC(F)(F)F)cc(OC)c1C(F)F. The predicted molar refractivity (Wildman–Crippen MR) is 62.8 cm³/mol. The number of carbonyl (C=O) groups is 1. The lowest BCUT2D eigenvalue weighted by atomic mass is 10.1. The molecule has 0 aromatic carbocycles. The minimum atomic E-state index is -5.06. The van der Waals surface area contributed by atoms with Crippen LogP contribution < -0.4 is 9.47 Å². The average Bonchev–Trinajstić information content (AvgIpc) is 2.35. The Bertz CT molecular complexity index is 533. The summed E-state index contributed by atoms with van der Waals surface area (Å²) >= 11 is 0. The Morgan fingerprint density at radius 3 is 2.45 bits per heavy atom. The highest BCUT2D eigenvalue weighted by Crippen LogP contribution is 2.35. The first-order chi connectivity index (χ1) is 10.2. The van der Waals surface area contributed by atoms with Crippen molar-refractivity contribution in [2.75, 3.05) is 13.7 Å². The van der Waals surface area contributed by atoms with Crippen molar-refractivity contribution < 1.29 is 41.0 Å². The third kappa shape index (κ3) is 5.01. The summed E-state index contributed by atoms with van der Waals surface area (Å²) in [5, 5.41) is 0. The molecule has 1 rings (SSSR count). The van der Waals surface area contributed by atoms with Crippen molar-refractivity contribution in [3.05, 3.63) is 17.3 Å². The number of methoxy groups -OCH3 is 1. The normalized spacial score (nSPS) is 11.5. The molecular weight excluding hydrogens is 317 g/mol. The van der Waals surface area contributed by atoms with Crippen LogP contribution in [0.25, 0.3) is 0 Å². The number of carbonyl (C=O) groups excluding carboxylic acids is 1. The van der Waals surface area contributed by atoms with E-state index in [1.54, 1.807) is 0 Å². The van der Waals surface area contributed by atoms with Gasteiger partial charge in [-0.2, -0.15) is 0 Å². The van der Waals surface area contributed by atoms with E-state index in [2.05, 4.69) is 19.2 Å². The summed E-state index contributed by atoms with van der Waals surface area (Å²) in [6.07, 6.45) is -8.91. The Kier molecular flexibility index (Phi) is 5.89. The highest BCUT2D eigenvalue weighted by atomic mass is 19.4. The van der Waals surface area contributed by atoms with Gasteiger partial charge in [-0.15, -0.1) is 13.2 Å². The molecule has 0 fully saturated rings. The molecule has 1 aromatic rings. The Hall–Kier alpha value is -2.13. The van der Waals surface area contributed by atoms with Crippen molar-refractivity contribution in [3.63, 3.8) is 0 Å². The number of alkyl halides is 5. The van der Waals surface area contributed by atoms with Crippen molar-refractivity contribution in [2.45, 2.75) is 26.1 Å². The molecule has 124 valence electrons. The molecule has 0 saturated carbocycles. The standard InChI is InChI=1S/C12H12F5NO4/c1-3-21-9(19)4-6-10(11(13)14)7(20-2)5-8(18-6)22-12(15,16)17/h5,11H,3-4H2,1-2H3. The maximum Gasteiger partial charge on any atom is 0.574 e. The van der Waals surface area contributed by atoms with Gasteiger partial charge in [0.1, 0.15) is 5.75 Å². The van der Waals surface area contributed by atoms with Crippen LogP contribution in [0.15, 0.2) is 6.07 Å². The van der Waals surface area contributed by atoms with Crippen molar-refractivity contribution in [3.8, 4) is 11.6 Å². The van der Waals surface area contributed by atoms with E-state index in [0.717, 1.165) is 7.11 Å². The molecular formula is C12H12F5NO4. The van der Waals surface area contributed by atoms with E-state index in [1.165, 1.54) is 6.92 Å². The van der Waals surface area contributed by atoms with Gasteiger partial charge >= 0.3 is 12.3 Å². The second kappa shape index (κ2) is 7.23. The largest absolute Gasteiger partial charge is 0.574 e. The topological polar surface area (TPSA) is 57.7 Å². The first kappa shape index (κ1) is 17.9. The Morgan fingerprint density at radius 1 is 1.36 bits per heavy atom. The molecule has 0 aliphatic rings. The molecule has 0 spiro atoms. The molecule has 0 N–H and O–H groups in total. The molecule has 0 amide bonds. The fourth-order valence-corrected chi connectivity index (χ4v) is 1.61. The van der Waals surface area contributed by atoms with Gasteiger partial charge in [-0.05, 0) is 6.92 Å². The number of esters is 1. The number of hydrogen-bond donors (Lipinski definition) is 0. The molecule has 1 aromatic heterocycles. The Morgan fingerprint density at radius 2 is 2.00 bits per heavy atom. The van der Waals surface area contributed by atoms with Crippen LogP contribution in [-0.2, 0) is 16.0 Å². The van der Waals surface area contributed by atoms with Crippen molar-refractivity contribution in [1.29, 1.82) is 0 Å². The van der Waals surface area contributed by atoms with E-state index < -0.39 is 48.1 Å². The van der Waals surface area contributed by atoms with Crippen LogP contribution in [0.3, 0.4) is 0 Å². The number of hydrogen-bond acceptors (Lipinski definition) is 5. The second-order valence-corrected chi connectivity index (χ2v) is 3.85. The van der Waals surface area contributed by atoms with Gasteiger partial charge in [-0.25, -0.2) is 13.8 Å². The molecule has 0 aliphatic carbocycles. The van der Waals surface area contributed by atoms with Crippen molar-refractivity contribution in [1.82, 2.24) is 4.98 Å². The highest BCUT2D eigenvalue weighted by molar-refractivity contribution is 5.73. The molecule has 10 heteroatoms. The second-order valence-electron chi connectivity index (χ2n) is 3.85. The van der Waals surface area contributed by atoms with Crippen LogP contribution >= 0.6 is 0 Å². The Labute approximate surface area is 122 Å². The Balaban J connectivity index is 3.28. The third-order valence-electron chi connectivity index (χ3n) is 2.35. The number of aromatic nitrogens is 1. The molecule has 5 nitrogen and oxygen atoms in total. The lowest BCUT2D eigenvalue weighted by molar-refractivity contribution is -0.276. The van der Waals surface area contributed by atoms with Gasteiger partial charge in [0, 0.05) is 6.07 Å². The maximum atomic E-state index is 13.0. The predicted octanol–water partition coefficient (Wildman–Crippen LogP) is 3.03. The van der Waals surface area contributed by atoms with Gasteiger partial charge in [-0.3, -0.25) is 4.79 Å². The number of pyridine rings is 1. The number of rotatable bonds is 6. The maximum absolute atomic E-state index is 13.0. The first-order valence-corrected chi connectivity index (χ1v) is 5.95. The molecule has 0 aliphatic heterocycles. The smallest absolute Gasteiger partial charge is 0.496 e. The zero-order valence-electron chi connectivity index (χ0n) is 11.5. The van der Waals surface area contributed by atoms with E-state index >= 15 is 0 Å². The molecule has 0 atom stereocenters. The van der Waals surface area contributed by atoms with Crippen molar-refractivity contribution in [2.24, 2.45) is 0 Å². The highest BCUT2D eigenvalue weighted by Gasteiger charge is 2.33.